The smallest absolute Gasteiger partial charge is 0.133 e. The van der Waals surface area contributed by atoms with Gasteiger partial charge in [0.05, 0.1) is 13.2 Å². The maximum Gasteiger partial charge on any atom is 0.133 e. The topological polar surface area (TPSA) is 39.7 Å². The van der Waals surface area contributed by atoms with E-state index in [2.05, 4.69) is 66.0 Å². The van der Waals surface area contributed by atoms with Gasteiger partial charge < -0.3 is 19.5 Å². The van der Waals surface area contributed by atoms with Crippen molar-refractivity contribution in [2.24, 2.45) is 0 Å². The fraction of sp³-hybridized carbons (Fsp3) is 0.0909. The van der Waals surface area contributed by atoms with Gasteiger partial charge in [-0.2, -0.15) is 0 Å². The van der Waals surface area contributed by atoms with Crippen molar-refractivity contribution in [3.05, 3.63) is 143 Å². The van der Waals surface area contributed by atoms with Crippen LogP contribution >= 0.6 is 0 Å². The molecule has 0 saturated carbocycles. The standard InChI is InChI=1S/C33H25NO3/c1-35-21-18-19-27(34-33-24-12-4-8-16-30(24)37-31-17-9-5-13-25(31)33)26(20-21)32-22-10-2-6-14-28(22)36-29-15-7-3-11-23(29)32/h2-20,32-34H,1H3. The van der Waals surface area contributed by atoms with Gasteiger partial charge in [0.2, 0.25) is 0 Å². The number of anilines is 1. The second-order valence-corrected chi connectivity index (χ2v) is 9.32. The molecular weight excluding hydrogens is 458 g/mol. The molecule has 7 rings (SSSR count). The van der Waals surface area contributed by atoms with E-state index in [0.29, 0.717) is 0 Å². The number of hydrogen-bond donors (Lipinski definition) is 1. The number of benzene rings is 5. The molecule has 0 spiro atoms. The molecule has 4 heteroatoms. The average Bonchev–Trinajstić information content (AvgIpc) is 2.96. The van der Waals surface area contributed by atoms with Gasteiger partial charge in [-0.3, -0.25) is 0 Å². The third-order valence-electron chi connectivity index (χ3n) is 7.23. The summed E-state index contributed by atoms with van der Waals surface area (Å²) in [6.07, 6.45) is 0. The molecule has 37 heavy (non-hydrogen) atoms. The molecule has 2 aliphatic heterocycles. The zero-order valence-corrected chi connectivity index (χ0v) is 20.3. The Morgan fingerprint density at radius 2 is 1.00 bits per heavy atom. The molecule has 180 valence electrons. The summed E-state index contributed by atoms with van der Waals surface area (Å²) in [6.45, 7) is 0. The number of hydrogen-bond acceptors (Lipinski definition) is 4. The molecule has 0 radical (unpaired) electrons. The number of rotatable bonds is 4. The van der Waals surface area contributed by atoms with Crippen molar-refractivity contribution in [2.45, 2.75) is 12.0 Å². The highest BCUT2D eigenvalue weighted by Crippen LogP contribution is 2.51. The zero-order chi connectivity index (χ0) is 24.8. The van der Waals surface area contributed by atoms with Crippen LogP contribution in [0.5, 0.6) is 28.7 Å². The predicted molar refractivity (Wildman–Crippen MR) is 145 cm³/mol. The first-order valence-electron chi connectivity index (χ1n) is 12.5. The first-order valence-corrected chi connectivity index (χ1v) is 12.5. The third kappa shape index (κ3) is 3.61. The molecule has 1 N–H and O–H groups in total. The molecule has 0 aromatic heterocycles. The van der Waals surface area contributed by atoms with E-state index < -0.39 is 0 Å². The maximum absolute atomic E-state index is 6.30. The quantitative estimate of drug-likeness (QED) is 0.274. The minimum atomic E-state index is -0.0707. The Balaban J connectivity index is 1.41. The Bertz CT molecular complexity index is 1540. The summed E-state index contributed by atoms with van der Waals surface area (Å²) in [7, 11) is 1.71. The molecule has 0 atom stereocenters. The third-order valence-corrected chi connectivity index (χ3v) is 7.23. The van der Waals surface area contributed by atoms with Gasteiger partial charge in [-0.1, -0.05) is 72.8 Å². The minimum Gasteiger partial charge on any atom is -0.497 e. The molecule has 5 aromatic carbocycles. The van der Waals surface area contributed by atoms with Gasteiger partial charge >= 0.3 is 0 Å². The minimum absolute atomic E-state index is 0.0240. The number of para-hydroxylation sites is 4. The lowest BCUT2D eigenvalue weighted by Gasteiger charge is -2.33. The van der Waals surface area contributed by atoms with E-state index >= 15 is 0 Å². The summed E-state index contributed by atoms with van der Waals surface area (Å²) in [6, 6.07) is 39.2. The first kappa shape index (κ1) is 21.6. The van der Waals surface area contributed by atoms with E-state index in [1.165, 1.54) is 0 Å². The van der Waals surface area contributed by atoms with E-state index in [1.54, 1.807) is 7.11 Å². The van der Waals surface area contributed by atoms with Crippen LogP contribution in [-0.4, -0.2) is 7.11 Å². The molecular formula is C33H25NO3. The Morgan fingerprint density at radius 1 is 0.541 bits per heavy atom. The second-order valence-electron chi connectivity index (χ2n) is 9.32. The molecule has 2 aliphatic rings. The van der Waals surface area contributed by atoms with Crippen LogP contribution in [0.2, 0.25) is 0 Å². The van der Waals surface area contributed by atoms with E-state index in [4.69, 9.17) is 14.2 Å². The van der Waals surface area contributed by atoms with Crippen LogP contribution in [0.4, 0.5) is 5.69 Å². The molecule has 4 nitrogen and oxygen atoms in total. The van der Waals surface area contributed by atoms with Gasteiger partial charge in [0.25, 0.3) is 0 Å². The summed E-state index contributed by atoms with van der Waals surface area (Å²) in [4.78, 5) is 0. The second kappa shape index (κ2) is 8.75. The predicted octanol–water partition coefficient (Wildman–Crippen LogP) is 8.29. The fourth-order valence-corrected chi connectivity index (χ4v) is 5.50. The highest BCUT2D eigenvalue weighted by Gasteiger charge is 2.32. The van der Waals surface area contributed by atoms with Crippen molar-refractivity contribution in [3.63, 3.8) is 0 Å². The van der Waals surface area contributed by atoms with Crippen LogP contribution in [0, 0.1) is 0 Å². The van der Waals surface area contributed by atoms with Gasteiger partial charge in [-0.05, 0) is 48.0 Å². The van der Waals surface area contributed by atoms with Crippen LogP contribution in [0.3, 0.4) is 0 Å². The largest absolute Gasteiger partial charge is 0.497 e. The lowest BCUT2D eigenvalue weighted by Crippen LogP contribution is -2.20. The van der Waals surface area contributed by atoms with Crippen LogP contribution in [0.25, 0.3) is 0 Å². The molecule has 0 amide bonds. The number of ether oxygens (including phenoxy) is 3. The van der Waals surface area contributed by atoms with Crippen molar-refractivity contribution >= 4 is 5.69 Å². The Kier molecular flexibility index (Phi) is 5.10. The Morgan fingerprint density at radius 3 is 1.51 bits per heavy atom. The monoisotopic (exact) mass is 483 g/mol. The van der Waals surface area contributed by atoms with E-state index in [-0.39, 0.29) is 12.0 Å². The maximum atomic E-state index is 6.30. The number of fused-ring (bicyclic) bond motifs is 4. The van der Waals surface area contributed by atoms with E-state index in [9.17, 15) is 0 Å². The summed E-state index contributed by atoms with van der Waals surface area (Å²) in [5, 5.41) is 3.90. The lowest BCUT2D eigenvalue weighted by molar-refractivity contribution is 0.413. The molecule has 0 unspecified atom stereocenters. The van der Waals surface area contributed by atoms with Gasteiger partial charge in [0, 0.05) is 33.9 Å². The summed E-state index contributed by atoms with van der Waals surface area (Å²) >= 11 is 0. The van der Waals surface area contributed by atoms with Crippen LogP contribution in [0.15, 0.2) is 115 Å². The van der Waals surface area contributed by atoms with Crippen LogP contribution in [-0.2, 0) is 0 Å². The van der Waals surface area contributed by atoms with E-state index in [1.807, 2.05) is 54.6 Å². The normalized spacial score (nSPS) is 13.8. The van der Waals surface area contributed by atoms with Crippen LogP contribution < -0.4 is 19.5 Å². The van der Waals surface area contributed by atoms with Gasteiger partial charge in [-0.15, -0.1) is 0 Å². The first-order chi connectivity index (χ1) is 18.3. The lowest BCUT2D eigenvalue weighted by atomic mass is 9.81. The zero-order valence-electron chi connectivity index (χ0n) is 20.3. The van der Waals surface area contributed by atoms with Gasteiger partial charge in [0.1, 0.15) is 28.7 Å². The van der Waals surface area contributed by atoms with Crippen molar-refractivity contribution in [1.29, 1.82) is 0 Å². The average molecular weight is 484 g/mol. The highest BCUT2D eigenvalue weighted by molar-refractivity contribution is 5.68. The number of methoxy groups -OCH3 is 1. The fourth-order valence-electron chi connectivity index (χ4n) is 5.50. The molecule has 0 saturated heterocycles. The Labute approximate surface area is 216 Å². The van der Waals surface area contributed by atoms with Crippen molar-refractivity contribution < 1.29 is 14.2 Å². The SMILES string of the molecule is COc1ccc(NC2c3ccccc3Oc3ccccc32)c(C2c3ccccc3Oc3ccccc32)c1. The highest BCUT2D eigenvalue weighted by atomic mass is 16.5. The molecule has 0 bridgehead atoms. The Hall–Kier alpha value is -4.70. The van der Waals surface area contributed by atoms with Crippen molar-refractivity contribution in [2.75, 3.05) is 12.4 Å². The van der Waals surface area contributed by atoms with Crippen LogP contribution in [0.1, 0.15) is 39.8 Å². The van der Waals surface area contributed by atoms with Crippen molar-refractivity contribution in [1.82, 2.24) is 0 Å². The molecule has 2 heterocycles. The van der Waals surface area contributed by atoms with Gasteiger partial charge in [0.15, 0.2) is 0 Å². The molecule has 0 aliphatic carbocycles. The summed E-state index contributed by atoms with van der Waals surface area (Å²) in [5.41, 5.74) is 6.64. The van der Waals surface area contributed by atoms with Crippen molar-refractivity contribution in [3.8, 4) is 28.7 Å². The summed E-state index contributed by atoms with van der Waals surface area (Å²) < 4.78 is 18.2. The number of nitrogens with one attached hydrogen (secondary N) is 1. The van der Waals surface area contributed by atoms with Gasteiger partial charge in [-0.25, -0.2) is 0 Å². The molecule has 0 fully saturated rings. The van der Waals surface area contributed by atoms with E-state index in [0.717, 1.165) is 62.3 Å². The molecule has 5 aromatic rings. The summed E-state index contributed by atoms with van der Waals surface area (Å²) in [5.74, 6) is 4.29.